The van der Waals surface area contributed by atoms with E-state index in [0.29, 0.717) is 5.41 Å². The van der Waals surface area contributed by atoms with Crippen LogP contribution in [0.5, 0.6) is 0 Å². The molecule has 0 radical (unpaired) electrons. The van der Waals surface area contributed by atoms with E-state index >= 15 is 0 Å². The first kappa shape index (κ1) is 12.8. The molecule has 1 aliphatic rings. The van der Waals surface area contributed by atoms with Crippen molar-refractivity contribution in [3.05, 3.63) is 11.6 Å². The average molecular weight is 208 g/mol. The van der Waals surface area contributed by atoms with Crippen LogP contribution in [0.3, 0.4) is 0 Å². The predicted octanol–water partition coefficient (Wildman–Crippen LogP) is 5.05. The highest BCUT2D eigenvalue weighted by Gasteiger charge is 2.29. The lowest BCUT2D eigenvalue weighted by molar-refractivity contribution is 0.276. The molecule has 0 saturated heterocycles. The second-order valence-electron chi connectivity index (χ2n) is 6.27. The quantitative estimate of drug-likeness (QED) is 0.569. The Hall–Kier alpha value is -0.260. The molecule has 0 aromatic carbocycles. The summed E-state index contributed by atoms with van der Waals surface area (Å²) in [5.74, 6) is 2.48. The van der Waals surface area contributed by atoms with E-state index in [1.807, 2.05) is 0 Å². The van der Waals surface area contributed by atoms with E-state index in [1.54, 1.807) is 5.57 Å². The van der Waals surface area contributed by atoms with Crippen molar-refractivity contribution in [2.45, 2.75) is 60.8 Å². The summed E-state index contributed by atoms with van der Waals surface area (Å²) in [5.41, 5.74) is 2.13. The van der Waals surface area contributed by atoms with Crippen LogP contribution < -0.4 is 0 Å². The van der Waals surface area contributed by atoms with Crippen molar-refractivity contribution >= 4 is 0 Å². The maximum Gasteiger partial charge on any atom is -0.0147 e. The van der Waals surface area contributed by atoms with Crippen molar-refractivity contribution in [1.29, 1.82) is 0 Å². The van der Waals surface area contributed by atoms with Gasteiger partial charge in [-0.1, -0.05) is 53.2 Å². The molecule has 0 heteroatoms. The fourth-order valence-electron chi connectivity index (χ4n) is 2.70. The molecule has 0 fully saturated rings. The normalized spacial score (nSPS) is 28.1. The van der Waals surface area contributed by atoms with E-state index in [9.17, 15) is 0 Å². The van der Waals surface area contributed by atoms with E-state index < -0.39 is 0 Å². The van der Waals surface area contributed by atoms with Crippen LogP contribution >= 0.6 is 0 Å². The minimum Gasteiger partial charge on any atom is -0.0812 e. The molecule has 0 N–H and O–H groups in total. The summed E-state index contributed by atoms with van der Waals surface area (Å²) in [6.45, 7) is 14.2. The number of allylic oxidation sites excluding steroid dienone is 2. The Bertz CT molecular complexity index is 232. The Balaban J connectivity index is 2.88. The second-order valence-corrected chi connectivity index (χ2v) is 6.27. The highest BCUT2D eigenvalue weighted by atomic mass is 14.3. The van der Waals surface area contributed by atoms with Crippen LogP contribution in [0.2, 0.25) is 0 Å². The zero-order valence-electron chi connectivity index (χ0n) is 11.4. The Morgan fingerprint density at radius 1 is 1.40 bits per heavy atom. The van der Waals surface area contributed by atoms with E-state index in [0.717, 1.165) is 17.8 Å². The Morgan fingerprint density at radius 3 is 2.47 bits per heavy atom. The Morgan fingerprint density at radius 2 is 2.00 bits per heavy atom. The SMILES string of the molecule is CCC(C)(C)C1=CC(C(C)C)C(C)CC1. The minimum atomic E-state index is 0.424. The lowest BCUT2D eigenvalue weighted by Gasteiger charge is -2.36. The molecule has 0 aromatic rings. The molecule has 0 nitrogen and oxygen atoms in total. The molecule has 0 saturated carbocycles. The van der Waals surface area contributed by atoms with Gasteiger partial charge in [-0.15, -0.1) is 0 Å². The van der Waals surface area contributed by atoms with Crippen molar-refractivity contribution in [3.63, 3.8) is 0 Å². The second kappa shape index (κ2) is 4.72. The van der Waals surface area contributed by atoms with Crippen LogP contribution in [0.25, 0.3) is 0 Å². The molecule has 2 atom stereocenters. The van der Waals surface area contributed by atoms with Gasteiger partial charge in [0.1, 0.15) is 0 Å². The zero-order chi connectivity index (χ0) is 11.6. The zero-order valence-corrected chi connectivity index (χ0v) is 11.4. The lowest BCUT2D eigenvalue weighted by Crippen LogP contribution is -2.25. The van der Waals surface area contributed by atoms with Crippen LogP contribution in [-0.4, -0.2) is 0 Å². The summed E-state index contributed by atoms with van der Waals surface area (Å²) in [6.07, 6.45) is 6.57. The van der Waals surface area contributed by atoms with Gasteiger partial charge in [-0.2, -0.15) is 0 Å². The molecule has 88 valence electrons. The minimum absolute atomic E-state index is 0.424. The van der Waals surface area contributed by atoms with Crippen LogP contribution in [0.1, 0.15) is 60.8 Å². The molecule has 0 spiro atoms. The maximum atomic E-state index is 2.60. The van der Waals surface area contributed by atoms with E-state index in [1.165, 1.54) is 19.3 Å². The first-order chi connectivity index (χ1) is 6.88. The van der Waals surface area contributed by atoms with Gasteiger partial charge in [0.2, 0.25) is 0 Å². The molecule has 15 heavy (non-hydrogen) atoms. The van der Waals surface area contributed by atoms with Gasteiger partial charge in [0.15, 0.2) is 0 Å². The summed E-state index contributed by atoms with van der Waals surface area (Å²) in [6, 6.07) is 0. The van der Waals surface area contributed by atoms with Crippen molar-refractivity contribution in [2.24, 2.45) is 23.2 Å². The molecular weight excluding hydrogens is 180 g/mol. The van der Waals surface area contributed by atoms with Crippen LogP contribution in [0, 0.1) is 23.2 Å². The maximum absolute atomic E-state index is 2.60. The van der Waals surface area contributed by atoms with Gasteiger partial charge >= 0.3 is 0 Å². The smallest absolute Gasteiger partial charge is 0.0147 e. The first-order valence-electron chi connectivity index (χ1n) is 6.59. The third-order valence-corrected chi connectivity index (χ3v) is 4.44. The van der Waals surface area contributed by atoms with Gasteiger partial charge in [0.25, 0.3) is 0 Å². The molecule has 1 rings (SSSR count). The molecule has 0 aromatic heterocycles. The van der Waals surface area contributed by atoms with Gasteiger partial charge < -0.3 is 0 Å². The molecular formula is C15H28. The fourth-order valence-corrected chi connectivity index (χ4v) is 2.70. The lowest BCUT2D eigenvalue weighted by atomic mass is 9.69. The largest absolute Gasteiger partial charge is 0.0812 e. The number of hydrogen-bond acceptors (Lipinski definition) is 0. The highest BCUT2D eigenvalue weighted by Crippen LogP contribution is 2.41. The van der Waals surface area contributed by atoms with Crippen molar-refractivity contribution < 1.29 is 0 Å². The fraction of sp³-hybridized carbons (Fsp3) is 0.867. The van der Waals surface area contributed by atoms with Gasteiger partial charge in [-0.25, -0.2) is 0 Å². The topological polar surface area (TPSA) is 0 Å². The van der Waals surface area contributed by atoms with Crippen molar-refractivity contribution in [3.8, 4) is 0 Å². The molecule has 0 aliphatic heterocycles. The Kier molecular flexibility index (Phi) is 4.03. The molecule has 2 unspecified atom stereocenters. The summed E-state index contributed by atoms with van der Waals surface area (Å²) < 4.78 is 0. The highest BCUT2D eigenvalue weighted by molar-refractivity contribution is 5.17. The van der Waals surface area contributed by atoms with Crippen molar-refractivity contribution in [2.75, 3.05) is 0 Å². The standard InChI is InChI=1S/C15H28/c1-7-15(5,6)13-9-8-12(4)14(10-13)11(2)3/h10-12,14H,7-9H2,1-6H3. The summed E-state index contributed by atoms with van der Waals surface area (Å²) in [7, 11) is 0. The van der Waals surface area contributed by atoms with Crippen LogP contribution in [0.4, 0.5) is 0 Å². The van der Waals surface area contributed by atoms with Gasteiger partial charge in [-0.05, 0) is 42.4 Å². The van der Waals surface area contributed by atoms with Gasteiger partial charge in [0.05, 0.1) is 0 Å². The van der Waals surface area contributed by atoms with Gasteiger partial charge in [0, 0.05) is 0 Å². The summed E-state index contributed by atoms with van der Waals surface area (Å²) in [5, 5.41) is 0. The molecule has 0 bridgehead atoms. The monoisotopic (exact) mass is 208 g/mol. The average Bonchev–Trinajstić information content (AvgIpc) is 2.17. The Labute approximate surface area is 96.2 Å². The molecule has 0 heterocycles. The number of rotatable bonds is 3. The third-order valence-electron chi connectivity index (χ3n) is 4.44. The van der Waals surface area contributed by atoms with Crippen molar-refractivity contribution in [1.82, 2.24) is 0 Å². The van der Waals surface area contributed by atoms with E-state index in [-0.39, 0.29) is 0 Å². The third kappa shape index (κ3) is 2.86. The molecule has 1 aliphatic carbocycles. The summed E-state index contributed by atoms with van der Waals surface area (Å²) >= 11 is 0. The number of hydrogen-bond donors (Lipinski definition) is 0. The van der Waals surface area contributed by atoms with E-state index in [4.69, 9.17) is 0 Å². The summed E-state index contributed by atoms with van der Waals surface area (Å²) in [4.78, 5) is 0. The predicted molar refractivity (Wildman–Crippen MR) is 68.9 cm³/mol. The van der Waals surface area contributed by atoms with Crippen LogP contribution in [0.15, 0.2) is 11.6 Å². The molecule has 0 amide bonds. The van der Waals surface area contributed by atoms with Gasteiger partial charge in [-0.3, -0.25) is 0 Å². The van der Waals surface area contributed by atoms with Crippen LogP contribution in [-0.2, 0) is 0 Å². The van der Waals surface area contributed by atoms with E-state index in [2.05, 4.69) is 47.6 Å². The first-order valence-corrected chi connectivity index (χ1v) is 6.59.